The molecule has 0 spiro atoms. The monoisotopic (exact) mass is 737 g/mol. The van der Waals surface area contributed by atoms with Crippen molar-refractivity contribution >= 4 is 28.7 Å². The van der Waals surface area contributed by atoms with E-state index in [9.17, 15) is 15.0 Å². The number of hydrogen-bond donors (Lipinski definition) is 3. The summed E-state index contributed by atoms with van der Waals surface area (Å²) in [6.45, 7) is 0.278. The van der Waals surface area contributed by atoms with Crippen molar-refractivity contribution in [1.29, 1.82) is 0 Å². The van der Waals surface area contributed by atoms with E-state index >= 15 is 0 Å². The maximum atomic E-state index is 13.0. The van der Waals surface area contributed by atoms with Gasteiger partial charge >= 0.3 is 0 Å². The molecule has 1 saturated heterocycles. The summed E-state index contributed by atoms with van der Waals surface area (Å²) in [5.74, 6) is 0.427. The molecule has 1 aliphatic rings. The summed E-state index contributed by atoms with van der Waals surface area (Å²) in [6.07, 6.45) is 0.983. The van der Waals surface area contributed by atoms with E-state index in [2.05, 4.69) is 30.8 Å². The first kappa shape index (κ1) is 35.1. The fraction of sp³-hybridized carbons (Fsp3) is 0.171. The molecule has 0 bridgehead atoms. The van der Waals surface area contributed by atoms with Crippen molar-refractivity contribution in [3.63, 3.8) is 0 Å². The molecule has 3 heterocycles. The number of ether oxygens (including phenoxy) is 2. The third kappa shape index (κ3) is 7.84. The number of benzene rings is 5. The zero-order valence-electron chi connectivity index (χ0n) is 28.9. The molecule has 3 N–H and O–H groups in total. The molecule has 1 aliphatic heterocycles. The molecule has 1 fully saturated rings. The molecule has 54 heavy (non-hydrogen) atoms. The van der Waals surface area contributed by atoms with Crippen LogP contribution in [-0.2, 0) is 22.6 Å². The van der Waals surface area contributed by atoms with Gasteiger partial charge in [0.15, 0.2) is 6.29 Å². The molecule has 0 radical (unpaired) electrons. The van der Waals surface area contributed by atoms with Crippen LogP contribution in [0.25, 0.3) is 27.8 Å². The van der Waals surface area contributed by atoms with E-state index in [1.165, 1.54) is 18.0 Å². The van der Waals surface area contributed by atoms with Gasteiger partial charge in [0, 0.05) is 24.3 Å². The summed E-state index contributed by atoms with van der Waals surface area (Å²) in [4.78, 5) is 21.9. The Morgan fingerprint density at radius 2 is 1.59 bits per heavy atom. The summed E-state index contributed by atoms with van der Waals surface area (Å²) >= 11 is 1.48. The molecule has 270 valence electrons. The summed E-state index contributed by atoms with van der Waals surface area (Å²) in [5.41, 5.74) is 8.00. The van der Waals surface area contributed by atoms with Gasteiger partial charge in [-0.15, -0.1) is 5.10 Å². The van der Waals surface area contributed by atoms with Gasteiger partial charge in [-0.25, -0.2) is 4.98 Å². The van der Waals surface area contributed by atoms with Gasteiger partial charge in [0.05, 0.1) is 41.7 Å². The Morgan fingerprint density at radius 1 is 0.852 bits per heavy atom. The number of nitrogens with one attached hydrogen (secondary N) is 1. The van der Waals surface area contributed by atoms with E-state index in [4.69, 9.17) is 9.47 Å². The minimum absolute atomic E-state index is 0.0342. The van der Waals surface area contributed by atoms with Crippen molar-refractivity contribution in [3.05, 3.63) is 155 Å². The number of carbonyl (C=O) groups excluding carboxylic acids is 1. The average molecular weight is 738 g/mol. The van der Waals surface area contributed by atoms with Crippen LogP contribution >= 0.6 is 11.8 Å². The number of hydrogen-bond acceptors (Lipinski definition) is 11. The molecule has 2 aromatic heterocycles. The number of aromatic hydroxyl groups is 1. The van der Waals surface area contributed by atoms with Gasteiger partial charge in [0.1, 0.15) is 11.4 Å². The van der Waals surface area contributed by atoms with Gasteiger partial charge < -0.3 is 25.0 Å². The van der Waals surface area contributed by atoms with Gasteiger partial charge in [-0.1, -0.05) is 96.7 Å². The lowest BCUT2D eigenvalue weighted by Gasteiger charge is -2.36. The van der Waals surface area contributed by atoms with Crippen molar-refractivity contribution in [1.82, 2.24) is 35.5 Å². The summed E-state index contributed by atoms with van der Waals surface area (Å²) in [6, 6.07) is 38.0. The summed E-state index contributed by atoms with van der Waals surface area (Å²) in [7, 11) is 0. The number of tetrazole rings is 1. The second-order valence-corrected chi connectivity index (χ2v) is 13.7. The topological polar surface area (TPSA) is 157 Å². The van der Waals surface area contributed by atoms with Crippen LogP contribution in [0.5, 0.6) is 5.75 Å². The number of aliphatic hydroxyl groups is 1. The zero-order valence-corrected chi connectivity index (χ0v) is 29.7. The van der Waals surface area contributed by atoms with Crippen molar-refractivity contribution in [2.24, 2.45) is 0 Å². The van der Waals surface area contributed by atoms with Crippen molar-refractivity contribution in [3.8, 4) is 22.6 Å². The van der Waals surface area contributed by atoms with Crippen LogP contribution in [0.15, 0.2) is 133 Å². The largest absolute Gasteiger partial charge is 0.508 e. The third-order valence-corrected chi connectivity index (χ3v) is 10.2. The van der Waals surface area contributed by atoms with Crippen LogP contribution in [0.2, 0.25) is 0 Å². The lowest BCUT2D eigenvalue weighted by atomic mass is 9.97. The number of fused-ring (bicyclic) bond motifs is 1. The normalized spacial score (nSPS) is 17.0. The van der Waals surface area contributed by atoms with Crippen LogP contribution < -0.4 is 5.32 Å². The smallest absolute Gasteiger partial charge is 0.271 e. The number of thioether (sulfide) groups is 1. The van der Waals surface area contributed by atoms with Crippen LogP contribution in [0, 0.1) is 0 Å². The van der Waals surface area contributed by atoms with E-state index in [0.29, 0.717) is 29.4 Å². The average Bonchev–Trinajstić information content (AvgIpc) is 3.71. The molecule has 5 aromatic carbocycles. The molecule has 8 rings (SSSR count). The number of para-hydroxylation sites is 2. The highest BCUT2D eigenvalue weighted by atomic mass is 32.2. The number of aromatic nitrogens is 6. The fourth-order valence-corrected chi connectivity index (χ4v) is 7.23. The highest BCUT2D eigenvalue weighted by Crippen LogP contribution is 2.40. The van der Waals surface area contributed by atoms with Crippen molar-refractivity contribution in [2.45, 2.75) is 43.2 Å². The Bertz CT molecular complexity index is 2370. The first-order valence-corrected chi connectivity index (χ1v) is 18.4. The van der Waals surface area contributed by atoms with Crippen LogP contribution in [0.4, 0.5) is 0 Å². The maximum absolute atomic E-state index is 13.0. The molecule has 13 heteroatoms. The van der Waals surface area contributed by atoms with E-state index in [-0.39, 0.29) is 36.2 Å². The van der Waals surface area contributed by atoms with E-state index < -0.39 is 6.29 Å². The van der Waals surface area contributed by atoms with Crippen LogP contribution in [-0.4, -0.2) is 58.2 Å². The van der Waals surface area contributed by atoms with Crippen LogP contribution in [0.1, 0.15) is 51.6 Å². The maximum Gasteiger partial charge on any atom is 0.271 e. The second kappa shape index (κ2) is 15.9. The fourth-order valence-electron chi connectivity index (χ4n) is 6.32. The molecule has 0 saturated carbocycles. The van der Waals surface area contributed by atoms with Gasteiger partial charge in [0.25, 0.3) is 5.91 Å². The molecule has 12 nitrogen and oxygen atoms in total. The van der Waals surface area contributed by atoms with E-state index in [1.54, 1.807) is 28.9 Å². The number of nitrogens with zero attached hydrogens (tertiary/aromatic N) is 6. The lowest BCUT2D eigenvalue weighted by Crippen LogP contribution is -2.31. The second-order valence-electron chi connectivity index (χ2n) is 12.8. The first-order chi connectivity index (χ1) is 26.5. The van der Waals surface area contributed by atoms with E-state index in [0.717, 1.165) is 44.6 Å². The molecule has 7 aromatic rings. The number of rotatable bonds is 11. The van der Waals surface area contributed by atoms with Crippen molar-refractivity contribution < 1.29 is 24.5 Å². The number of aliphatic hydroxyl groups excluding tert-OH is 1. The minimum atomic E-state index is -0.647. The molecule has 3 unspecified atom stereocenters. The highest BCUT2D eigenvalue weighted by Gasteiger charge is 2.33. The first-order valence-electron chi connectivity index (χ1n) is 17.4. The Balaban J connectivity index is 0.986. The minimum Gasteiger partial charge on any atom is -0.508 e. The molecule has 1 amide bonds. The Kier molecular flexibility index (Phi) is 10.4. The molecular weight excluding hydrogens is 703 g/mol. The van der Waals surface area contributed by atoms with Gasteiger partial charge in [-0.05, 0) is 74.6 Å². The Morgan fingerprint density at radius 3 is 2.39 bits per heavy atom. The number of phenolic OH excluding ortho intramolecular Hbond substituents is 1. The number of amides is 1. The summed E-state index contributed by atoms with van der Waals surface area (Å²) < 4.78 is 14.8. The standard InChI is InChI=1S/C41H35N7O5S/c49-24-26-9-11-28(12-10-26)38-21-33(25-54-41-45-46-47-48(41)31-17-19-32(50)20-18-31)52-40(53-38)29-15-13-27(14-16-29)34-6-2-1-5-30(34)22-43-39(51)37-23-42-35-7-3-4-8-36(35)44-37/h1-20,23,33,38,40,49-50H,21-22,24-25H2,(H,43,51). The van der Waals surface area contributed by atoms with Gasteiger partial charge in [-0.2, -0.15) is 4.68 Å². The predicted octanol–water partition coefficient (Wildman–Crippen LogP) is 6.74. The Labute approximate surface area is 314 Å². The van der Waals surface area contributed by atoms with Crippen molar-refractivity contribution in [2.75, 3.05) is 5.75 Å². The third-order valence-electron chi connectivity index (χ3n) is 9.18. The van der Waals surface area contributed by atoms with Crippen LogP contribution in [0.3, 0.4) is 0 Å². The van der Waals surface area contributed by atoms with Gasteiger partial charge in [-0.3, -0.25) is 9.78 Å². The predicted molar refractivity (Wildman–Crippen MR) is 203 cm³/mol. The number of phenols is 1. The lowest BCUT2D eigenvalue weighted by molar-refractivity contribution is -0.245. The Hall–Kier alpha value is -5.99. The summed E-state index contributed by atoms with van der Waals surface area (Å²) in [5, 5.41) is 35.2. The quantitative estimate of drug-likeness (QED) is 0.121. The zero-order chi connectivity index (χ0) is 36.9. The highest BCUT2D eigenvalue weighted by molar-refractivity contribution is 7.99. The van der Waals surface area contributed by atoms with E-state index in [1.807, 2.05) is 97.1 Å². The number of carbonyl (C=O) groups is 1. The SMILES string of the molecule is O=C(NCc1ccccc1-c1ccc(C2OC(CSc3nnnn3-c3ccc(O)cc3)CC(c3ccc(CO)cc3)O2)cc1)c1cnc2ccccc2n1. The molecular formula is C41H35N7O5S. The molecule has 0 aliphatic carbocycles. The molecule has 3 atom stereocenters. The van der Waals surface area contributed by atoms with Gasteiger partial charge in [0.2, 0.25) is 5.16 Å².